The van der Waals surface area contributed by atoms with Gasteiger partial charge < -0.3 is 5.11 Å². The fourth-order valence-electron chi connectivity index (χ4n) is 1.29. The van der Waals surface area contributed by atoms with Crippen molar-refractivity contribution in [2.75, 3.05) is 0 Å². The van der Waals surface area contributed by atoms with E-state index in [0.717, 1.165) is 0 Å². The van der Waals surface area contributed by atoms with Gasteiger partial charge in [0, 0.05) is 18.7 Å². The van der Waals surface area contributed by atoms with Crippen molar-refractivity contribution >= 4 is 11.7 Å². The van der Waals surface area contributed by atoms with Crippen LogP contribution in [-0.4, -0.2) is 30.7 Å². The maximum Gasteiger partial charge on any atom is 0.303 e. The molecule has 0 unspecified atom stereocenters. The summed E-state index contributed by atoms with van der Waals surface area (Å²) in [5.41, 5.74) is -0.269. The third kappa shape index (κ3) is 1.71. The molecular weight excluding hydrogens is 200 g/mol. The van der Waals surface area contributed by atoms with Crippen LogP contribution in [0.2, 0.25) is 0 Å². The van der Waals surface area contributed by atoms with E-state index in [1.54, 1.807) is 0 Å². The van der Waals surface area contributed by atoms with Gasteiger partial charge in [-0.05, 0) is 0 Å². The molecule has 0 amide bonds. The Labute approximate surface area is 83.4 Å². The Kier molecular flexibility index (Phi) is 2.20. The van der Waals surface area contributed by atoms with Crippen LogP contribution in [0.3, 0.4) is 0 Å². The number of aliphatic carboxylic acids is 1. The smallest absolute Gasteiger partial charge is 0.303 e. The maximum absolute atomic E-state index is 11.4. The molecular formula is C8H8N4O3. The van der Waals surface area contributed by atoms with E-state index in [2.05, 4.69) is 15.2 Å². The predicted molar refractivity (Wildman–Crippen MR) is 49.6 cm³/mol. The van der Waals surface area contributed by atoms with Crippen molar-refractivity contribution in [3.05, 3.63) is 28.4 Å². The molecule has 0 aliphatic heterocycles. The zero-order valence-electron chi connectivity index (χ0n) is 7.67. The normalized spacial score (nSPS) is 10.7. The van der Waals surface area contributed by atoms with Gasteiger partial charge in [-0.15, -0.1) is 0 Å². The molecule has 0 bridgehead atoms. The quantitative estimate of drug-likeness (QED) is 0.703. The lowest BCUT2D eigenvalue weighted by Crippen LogP contribution is -2.15. The minimum absolute atomic E-state index is 0.0682. The summed E-state index contributed by atoms with van der Waals surface area (Å²) in [4.78, 5) is 25.7. The number of nitrogens with one attached hydrogen (secondary N) is 1. The highest BCUT2D eigenvalue weighted by Crippen LogP contribution is 1.99. The number of carboxylic acid groups (broad SMARTS) is 1. The zero-order valence-corrected chi connectivity index (χ0v) is 7.67. The monoisotopic (exact) mass is 208 g/mol. The number of H-pyrrole nitrogens is 1. The lowest BCUT2D eigenvalue weighted by atomic mass is 10.3. The predicted octanol–water partition coefficient (Wildman–Crippen LogP) is -0.565. The van der Waals surface area contributed by atoms with Crippen molar-refractivity contribution in [1.29, 1.82) is 0 Å². The second-order valence-electron chi connectivity index (χ2n) is 2.98. The molecule has 2 rings (SSSR count). The van der Waals surface area contributed by atoms with E-state index in [-0.39, 0.29) is 18.4 Å². The fraction of sp³-hybridized carbons (Fsp3) is 0.250. The van der Waals surface area contributed by atoms with Gasteiger partial charge in [-0.25, -0.2) is 14.5 Å². The number of carboxylic acids is 1. The second kappa shape index (κ2) is 3.52. The number of carbonyl (C=O) groups is 1. The Morgan fingerprint density at radius 3 is 3.13 bits per heavy atom. The van der Waals surface area contributed by atoms with Crippen molar-refractivity contribution < 1.29 is 9.90 Å². The average molecular weight is 208 g/mol. The van der Waals surface area contributed by atoms with Crippen molar-refractivity contribution in [1.82, 2.24) is 19.6 Å². The molecule has 0 radical (unpaired) electrons. The largest absolute Gasteiger partial charge is 0.481 e. The van der Waals surface area contributed by atoms with Crippen molar-refractivity contribution in [2.24, 2.45) is 0 Å². The van der Waals surface area contributed by atoms with Gasteiger partial charge in [0.2, 0.25) is 5.78 Å². The number of rotatable bonds is 3. The van der Waals surface area contributed by atoms with Crippen LogP contribution in [0, 0.1) is 0 Å². The van der Waals surface area contributed by atoms with Crippen LogP contribution < -0.4 is 5.56 Å². The molecule has 0 aliphatic carbocycles. The first kappa shape index (κ1) is 9.38. The zero-order chi connectivity index (χ0) is 10.8. The molecule has 7 heteroatoms. The number of hydrogen-bond donors (Lipinski definition) is 2. The molecule has 0 saturated carbocycles. The Bertz CT molecular complexity index is 556. The molecule has 2 heterocycles. The number of nitrogens with zero attached hydrogens (tertiary/aromatic N) is 3. The molecule has 15 heavy (non-hydrogen) atoms. The summed E-state index contributed by atoms with van der Waals surface area (Å²) in [5.74, 6) is -0.225. The van der Waals surface area contributed by atoms with Crippen LogP contribution in [-0.2, 0) is 11.2 Å². The van der Waals surface area contributed by atoms with E-state index in [4.69, 9.17) is 5.11 Å². The van der Waals surface area contributed by atoms with Crippen molar-refractivity contribution in [2.45, 2.75) is 12.8 Å². The van der Waals surface area contributed by atoms with Crippen LogP contribution in [0.4, 0.5) is 0 Å². The van der Waals surface area contributed by atoms with E-state index in [1.807, 2.05) is 0 Å². The Balaban J connectivity index is 2.44. The van der Waals surface area contributed by atoms with Crippen LogP contribution in [0.15, 0.2) is 17.1 Å². The summed E-state index contributed by atoms with van der Waals surface area (Å²) < 4.78 is 1.27. The molecule has 0 saturated heterocycles. The number of aryl methyl sites for hydroxylation is 1. The van der Waals surface area contributed by atoms with E-state index < -0.39 is 5.97 Å². The molecule has 78 valence electrons. The number of aromatic nitrogens is 4. The van der Waals surface area contributed by atoms with E-state index in [1.165, 1.54) is 16.7 Å². The summed E-state index contributed by atoms with van der Waals surface area (Å²) >= 11 is 0. The van der Waals surface area contributed by atoms with Crippen molar-refractivity contribution in [3.8, 4) is 0 Å². The standard InChI is InChI=1S/C8H8N4O3/c13-6-3-4-9-8-11-10-5(12(6)8)1-2-7(14)15/h3-4H,1-2H2,(H,9,11)(H,14,15). The first-order valence-corrected chi connectivity index (χ1v) is 4.31. The Morgan fingerprint density at radius 2 is 2.40 bits per heavy atom. The Morgan fingerprint density at radius 1 is 1.60 bits per heavy atom. The molecule has 2 aromatic heterocycles. The van der Waals surface area contributed by atoms with Crippen molar-refractivity contribution in [3.63, 3.8) is 0 Å². The van der Waals surface area contributed by atoms with E-state index >= 15 is 0 Å². The van der Waals surface area contributed by atoms with Crippen LogP contribution in [0.25, 0.3) is 5.78 Å². The summed E-state index contributed by atoms with van der Waals surface area (Å²) in [6.45, 7) is 0. The molecule has 0 spiro atoms. The lowest BCUT2D eigenvalue weighted by molar-refractivity contribution is -0.137. The molecule has 0 aromatic carbocycles. The molecule has 0 fully saturated rings. The van der Waals surface area contributed by atoms with Gasteiger partial charge in [0.1, 0.15) is 5.82 Å². The molecule has 7 nitrogen and oxygen atoms in total. The van der Waals surface area contributed by atoms with Gasteiger partial charge >= 0.3 is 5.97 Å². The van der Waals surface area contributed by atoms with E-state index in [9.17, 15) is 9.59 Å². The third-order valence-electron chi connectivity index (χ3n) is 1.95. The number of hydrogen-bond acceptors (Lipinski definition) is 4. The van der Waals surface area contributed by atoms with Gasteiger partial charge in [0.25, 0.3) is 5.56 Å². The van der Waals surface area contributed by atoms with Crippen LogP contribution >= 0.6 is 0 Å². The molecule has 2 aromatic rings. The summed E-state index contributed by atoms with van der Waals surface area (Å²) in [6, 6.07) is 1.30. The molecule has 0 aliphatic rings. The minimum atomic E-state index is -0.928. The summed E-state index contributed by atoms with van der Waals surface area (Å²) in [7, 11) is 0. The molecule has 0 atom stereocenters. The topological polar surface area (TPSA) is 100 Å². The number of fused-ring (bicyclic) bond motifs is 1. The maximum atomic E-state index is 11.4. The summed E-state index contributed by atoms with van der Waals surface area (Å²) in [6.07, 6.45) is 1.50. The summed E-state index contributed by atoms with van der Waals surface area (Å²) in [5, 5.41) is 14.9. The SMILES string of the molecule is O=C(O)CCc1n[nH]c2nccc(=O)n12. The van der Waals surface area contributed by atoms with Crippen LogP contribution in [0.1, 0.15) is 12.2 Å². The van der Waals surface area contributed by atoms with Gasteiger partial charge in [0.15, 0.2) is 0 Å². The van der Waals surface area contributed by atoms with Gasteiger partial charge in [-0.1, -0.05) is 0 Å². The first-order chi connectivity index (χ1) is 7.18. The number of aromatic amines is 1. The van der Waals surface area contributed by atoms with Crippen LogP contribution in [0.5, 0.6) is 0 Å². The lowest BCUT2D eigenvalue weighted by Gasteiger charge is -1.94. The van der Waals surface area contributed by atoms with Gasteiger partial charge in [0.05, 0.1) is 6.42 Å². The Hall–Kier alpha value is -2.18. The second-order valence-corrected chi connectivity index (χ2v) is 2.98. The first-order valence-electron chi connectivity index (χ1n) is 4.31. The minimum Gasteiger partial charge on any atom is -0.481 e. The highest BCUT2D eigenvalue weighted by molar-refractivity contribution is 5.66. The van der Waals surface area contributed by atoms with Gasteiger partial charge in [-0.2, -0.15) is 5.10 Å². The van der Waals surface area contributed by atoms with E-state index in [0.29, 0.717) is 11.6 Å². The average Bonchev–Trinajstić information content (AvgIpc) is 2.59. The fourth-order valence-corrected chi connectivity index (χ4v) is 1.29. The van der Waals surface area contributed by atoms with Gasteiger partial charge in [-0.3, -0.25) is 9.59 Å². The highest BCUT2D eigenvalue weighted by Gasteiger charge is 2.08. The highest BCUT2D eigenvalue weighted by atomic mass is 16.4. The molecule has 2 N–H and O–H groups in total. The third-order valence-corrected chi connectivity index (χ3v) is 1.95.